The molecule has 0 fully saturated rings. The number of terminal acetylenes is 1. The van der Waals surface area contributed by atoms with Gasteiger partial charge in [-0.3, -0.25) is 9.78 Å². The molecule has 2 N–H and O–H groups in total. The number of nitrogens with zero attached hydrogens (tertiary/aromatic N) is 3. The van der Waals surface area contributed by atoms with E-state index in [1.54, 1.807) is 4.68 Å². The van der Waals surface area contributed by atoms with Crippen LogP contribution >= 0.6 is 0 Å². The summed E-state index contributed by atoms with van der Waals surface area (Å²) in [5.41, 5.74) is 2.09. The van der Waals surface area contributed by atoms with E-state index in [4.69, 9.17) is 6.42 Å². The third-order valence-electron chi connectivity index (χ3n) is 4.27. The second-order valence-electron chi connectivity index (χ2n) is 6.06. The van der Waals surface area contributed by atoms with Crippen LogP contribution < -0.4 is 10.9 Å². The van der Waals surface area contributed by atoms with Gasteiger partial charge in [0.2, 0.25) is 5.95 Å². The molecular weight excluding hydrogens is 338 g/mol. The maximum atomic E-state index is 12.5. The first-order chi connectivity index (χ1) is 13.3. The number of fused-ring (bicyclic) bond motifs is 1. The Kier molecular flexibility index (Phi) is 4.42. The van der Waals surface area contributed by atoms with E-state index in [1.807, 2.05) is 60.7 Å². The van der Waals surface area contributed by atoms with Crippen LogP contribution in [-0.4, -0.2) is 19.7 Å². The maximum Gasteiger partial charge on any atom is 0.263 e. The van der Waals surface area contributed by atoms with Crippen LogP contribution in [0.2, 0.25) is 0 Å². The van der Waals surface area contributed by atoms with Crippen LogP contribution in [0.5, 0.6) is 0 Å². The van der Waals surface area contributed by atoms with Crippen LogP contribution in [0.3, 0.4) is 0 Å². The molecular formula is C21H17N5O. The molecule has 0 aliphatic heterocycles. The molecule has 6 nitrogen and oxygen atoms in total. The second-order valence-corrected chi connectivity index (χ2v) is 6.06. The summed E-state index contributed by atoms with van der Waals surface area (Å²) in [6.45, 7) is 0. The van der Waals surface area contributed by atoms with Crippen molar-refractivity contribution in [2.24, 2.45) is 0 Å². The van der Waals surface area contributed by atoms with Crippen molar-refractivity contribution < 1.29 is 0 Å². The second kappa shape index (κ2) is 7.18. The molecule has 4 aromatic rings. The summed E-state index contributed by atoms with van der Waals surface area (Å²) in [6, 6.07) is 19.2. The van der Waals surface area contributed by atoms with Crippen molar-refractivity contribution in [3.63, 3.8) is 0 Å². The van der Waals surface area contributed by atoms with Gasteiger partial charge in [0.15, 0.2) is 5.65 Å². The predicted octanol–water partition coefficient (Wildman–Crippen LogP) is 3.29. The molecule has 0 saturated carbocycles. The topological polar surface area (TPSA) is 75.6 Å². The number of rotatable bonds is 5. The van der Waals surface area contributed by atoms with E-state index in [2.05, 4.69) is 26.3 Å². The van der Waals surface area contributed by atoms with Crippen molar-refractivity contribution in [2.45, 2.75) is 12.5 Å². The lowest BCUT2D eigenvalue weighted by Gasteiger charge is -2.17. The van der Waals surface area contributed by atoms with Crippen LogP contribution in [0.1, 0.15) is 18.0 Å². The van der Waals surface area contributed by atoms with Crippen LogP contribution in [0.15, 0.2) is 71.7 Å². The number of hydrogen-bond acceptors (Lipinski definition) is 4. The largest absolute Gasteiger partial charge is 0.348 e. The highest BCUT2D eigenvalue weighted by molar-refractivity contribution is 5.76. The van der Waals surface area contributed by atoms with Crippen LogP contribution in [0.25, 0.3) is 16.7 Å². The van der Waals surface area contributed by atoms with Gasteiger partial charge >= 0.3 is 0 Å². The van der Waals surface area contributed by atoms with Crippen molar-refractivity contribution in [3.8, 4) is 18.0 Å². The molecule has 132 valence electrons. The Hall–Kier alpha value is -3.85. The van der Waals surface area contributed by atoms with E-state index >= 15 is 0 Å². The van der Waals surface area contributed by atoms with E-state index < -0.39 is 0 Å². The van der Waals surface area contributed by atoms with E-state index in [0.29, 0.717) is 23.4 Å². The third kappa shape index (κ3) is 3.31. The fourth-order valence-corrected chi connectivity index (χ4v) is 2.97. The molecule has 6 heteroatoms. The number of aromatic amines is 1. The molecule has 2 heterocycles. The Balaban J connectivity index is 1.76. The molecule has 27 heavy (non-hydrogen) atoms. The fourth-order valence-electron chi connectivity index (χ4n) is 2.97. The minimum Gasteiger partial charge on any atom is -0.348 e. The maximum absolute atomic E-state index is 12.5. The van der Waals surface area contributed by atoms with Gasteiger partial charge in [0.05, 0.1) is 17.9 Å². The average molecular weight is 355 g/mol. The number of benzene rings is 2. The lowest BCUT2D eigenvalue weighted by molar-refractivity contribution is 0.795. The fraction of sp³-hybridized carbons (Fsp3) is 0.0952. The average Bonchev–Trinajstić information content (AvgIpc) is 3.13. The van der Waals surface area contributed by atoms with Gasteiger partial charge in [-0.15, -0.1) is 12.3 Å². The van der Waals surface area contributed by atoms with Crippen molar-refractivity contribution in [3.05, 3.63) is 82.8 Å². The quantitative estimate of drug-likeness (QED) is 0.539. The number of H-pyrrole nitrogens is 1. The van der Waals surface area contributed by atoms with Gasteiger partial charge in [-0.25, -0.2) is 4.68 Å². The van der Waals surface area contributed by atoms with E-state index in [1.165, 1.54) is 6.20 Å². The molecule has 2 aromatic carbocycles. The molecule has 0 aliphatic carbocycles. The molecule has 1 atom stereocenters. The summed E-state index contributed by atoms with van der Waals surface area (Å²) in [7, 11) is 0. The first-order valence-corrected chi connectivity index (χ1v) is 8.54. The highest BCUT2D eigenvalue weighted by atomic mass is 16.1. The highest BCUT2D eigenvalue weighted by Gasteiger charge is 2.15. The Morgan fingerprint density at radius 1 is 1.11 bits per heavy atom. The van der Waals surface area contributed by atoms with E-state index in [0.717, 1.165) is 11.3 Å². The predicted molar refractivity (Wildman–Crippen MR) is 106 cm³/mol. The highest BCUT2D eigenvalue weighted by Crippen LogP contribution is 2.21. The Bertz CT molecular complexity index is 1160. The monoisotopic (exact) mass is 355 g/mol. The lowest BCUT2D eigenvalue weighted by Crippen LogP contribution is -2.17. The Labute approximate surface area is 155 Å². The summed E-state index contributed by atoms with van der Waals surface area (Å²) >= 11 is 0. The van der Waals surface area contributed by atoms with Crippen molar-refractivity contribution in [2.75, 3.05) is 5.32 Å². The molecule has 1 unspecified atom stereocenters. The van der Waals surface area contributed by atoms with Gasteiger partial charge in [-0.2, -0.15) is 10.1 Å². The van der Waals surface area contributed by atoms with Gasteiger partial charge in [-0.05, 0) is 17.7 Å². The van der Waals surface area contributed by atoms with Gasteiger partial charge in [0.25, 0.3) is 5.56 Å². The normalized spacial score (nSPS) is 11.8. The lowest BCUT2D eigenvalue weighted by atomic mass is 10.0. The summed E-state index contributed by atoms with van der Waals surface area (Å²) < 4.78 is 1.65. The number of para-hydroxylation sites is 1. The van der Waals surface area contributed by atoms with Crippen molar-refractivity contribution in [1.29, 1.82) is 0 Å². The molecule has 2 aromatic heterocycles. The zero-order chi connectivity index (χ0) is 18.6. The Morgan fingerprint density at radius 3 is 2.52 bits per heavy atom. The first-order valence-electron chi connectivity index (χ1n) is 8.54. The van der Waals surface area contributed by atoms with Crippen LogP contribution in [0.4, 0.5) is 5.95 Å². The zero-order valence-electron chi connectivity index (χ0n) is 14.5. The smallest absolute Gasteiger partial charge is 0.263 e. The standard InChI is InChI=1S/C21H17N5O/c1-2-9-18(15-10-5-3-6-11-15)23-21-24-19-17(20(27)25-21)14-22-26(19)16-12-7-4-8-13-16/h1,3-8,10-14,18H,9H2,(H2,23,24,25,27). The SMILES string of the molecule is C#CCC(Nc1nc2c(cnn2-c2ccccc2)c(=O)[nH]1)c1ccccc1. The first kappa shape index (κ1) is 16.6. The summed E-state index contributed by atoms with van der Waals surface area (Å²) in [4.78, 5) is 19.9. The minimum atomic E-state index is -0.253. The van der Waals surface area contributed by atoms with Crippen molar-refractivity contribution >= 4 is 17.0 Å². The van der Waals surface area contributed by atoms with Gasteiger partial charge < -0.3 is 5.32 Å². The van der Waals surface area contributed by atoms with E-state index in [-0.39, 0.29) is 11.6 Å². The number of hydrogen-bond donors (Lipinski definition) is 2. The van der Waals surface area contributed by atoms with Crippen molar-refractivity contribution in [1.82, 2.24) is 19.7 Å². The number of anilines is 1. The third-order valence-corrected chi connectivity index (χ3v) is 4.27. The number of aromatic nitrogens is 4. The molecule has 0 saturated heterocycles. The summed E-state index contributed by atoms with van der Waals surface area (Å²) in [5, 5.41) is 7.99. The summed E-state index contributed by atoms with van der Waals surface area (Å²) in [5.74, 6) is 3.03. The molecule has 0 bridgehead atoms. The molecule has 4 rings (SSSR count). The van der Waals surface area contributed by atoms with Gasteiger partial charge in [-0.1, -0.05) is 48.5 Å². The van der Waals surface area contributed by atoms with Crippen LogP contribution in [-0.2, 0) is 0 Å². The molecule has 0 aliphatic rings. The summed E-state index contributed by atoms with van der Waals surface area (Å²) in [6.07, 6.45) is 7.51. The minimum absolute atomic E-state index is 0.162. The molecule has 0 radical (unpaired) electrons. The molecule has 0 amide bonds. The van der Waals surface area contributed by atoms with Gasteiger partial charge in [0.1, 0.15) is 5.39 Å². The van der Waals surface area contributed by atoms with E-state index in [9.17, 15) is 4.79 Å². The molecule has 0 spiro atoms. The van der Waals surface area contributed by atoms with Crippen LogP contribution in [0, 0.1) is 12.3 Å². The Morgan fingerprint density at radius 2 is 1.81 bits per heavy atom. The number of nitrogens with one attached hydrogen (secondary N) is 2. The zero-order valence-corrected chi connectivity index (χ0v) is 14.5. The van der Waals surface area contributed by atoms with Gasteiger partial charge in [0, 0.05) is 6.42 Å².